The Labute approximate surface area is 111 Å². The van der Waals surface area contributed by atoms with Gasteiger partial charge >= 0.3 is 0 Å². The van der Waals surface area contributed by atoms with Crippen LogP contribution in [0.15, 0.2) is 0 Å². The van der Waals surface area contributed by atoms with Crippen molar-refractivity contribution in [1.29, 1.82) is 0 Å². The molecule has 0 aromatic heterocycles. The molecule has 1 rings (SSSR count). The van der Waals surface area contributed by atoms with Crippen LogP contribution in [0.1, 0.15) is 51.9 Å². The molecule has 1 heterocycles. The van der Waals surface area contributed by atoms with Crippen LogP contribution < -0.4 is 5.32 Å². The second-order valence-corrected chi connectivity index (χ2v) is 5.98. The van der Waals surface area contributed by atoms with E-state index in [2.05, 4.69) is 18.5 Å². The van der Waals surface area contributed by atoms with Gasteiger partial charge in [-0.3, -0.25) is 0 Å². The summed E-state index contributed by atoms with van der Waals surface area (Å²) in [6.45, 7) is 4.40. The Hall–Kier alpha value is 0.270. The van der Waals surface area contributed by atoms with Crippen LogP contribution in [0.25, 0.3) is 0 Å². The number of hydrogen-bond acceptors (Lipinski definition) is 3. The summed E-state index contributed by atoms with van der Waals surface area (Å²) in [6, 6.07) is 0.726. The van der Waals surface area contributed by atoms with Crippen molar-refractivity contribution in [2.24, 2.45) is 0 Å². The third-order valence-corrected chi connectivity index (χ3v) is 4.10. The second kappa shape index (κ2) is 10.2. The molecule has 0 aliphatic carbocycles. The number of ether oxygens (including phenoxy) is 1. The lowest BCUT2D eigenvalue weighted by Gasteiger charge is -2.19. The molecule has 1 saturated heterocycles. The Morgan fingerprint density at radius 3 is 2.94 bits per heavy atom. The molecule has 1 aliphatic rings. The van der Waals surface area contributed by atoms with E-state index in [0.29, 0.717) is 6.10 Å². The Morgan fingerprint density at radius 2 is 2.29 bits per heavy atom. The zero-order valence-electron chi connectivity index (χ0n) is 11.5. The fraction of sp³-hybridized carbons (Fsp3) is 1.00. The van der Waals surface area contributed by atoms with E-state index in [1.807, 2.05) is 11.8 Å². The van der Waals surface area contributed by atoms with Crippen LogP contribution in [0.4, 0.5) is 0 Å². The minimum atomic E-state index is 0.572. The van der Waals surface area contributed by atoms with E-state index in [1.165, 1.54) is 57.2 Å². The van der Waals surface area contributed by atoms with Gasteiger partial charge in [0.15, 0.2) is 0 Å². The van der Waals surface area contributed by atoms with Crippen molar-refractivity contribution in [3.63, 3.8) is 0 Å². The fourth-order valence-corrected chi connectivity index (χ4v) is 2.94. The quantitative estimate of drug-likeness (QED) is 0.649. The maximum absolute atomic E-state index is 5.67. The molecular formula is C14H29NOS. The number of nitrogens with one attached hydrogen (secondary N) is 1. The predicted molar refractivity (Wildman–Crippen MR) is 77.9 cm³/mol. The van der Waals surface area contributed by atoms with Gasteiger partial charge in [0.25, 0.3) is 0 Å². The highest BCUT2D eigenvalue weighted by Gasteiger charge is 2.15. The summed E-state index contributed by atoms with van der Waals surface area (Å²) in [7, 11) is 0. The van der Waals surface area contributed by atoms with Gasteiger partial charge in [-0.15, -0.1) is 0 Å². The lowest BCUT2D eigenvalue weighted by atomic mass is 10.0. The highest BCUT2D eigenvalue weighted by molar-refractivity contribution is 7.98. The van der Waals surface area contributed by atoms with E-state index < -0.39 is 0 Å². The maximum Gasteiger partial charge on any atom is 0.0576 e. The van der Waals surface area contributed by atoms with E-state index in [0.717, 1.165) is 12.6 Å². The molecule has 1 N–H and O–H groups in total. The smallest absolute Gasteiger partial charge is 0.0576 e. The minimum Gasteiger partial charge on any atom is -0.378 e. The Kier molecular flexibility index (Phi) is 9.21. The van der Waals surface area contributed by atoms with Crippen LogP contribution in [0.3, 0.4) is 0 Å². The summed E-state index contributed by atoms with van der Waals surface area (Å²) in [5, 5.41) is 3.68. The molecule has 1 fully saturated rings. The van der Waals surface area contributed by atoms with E-state index in [-0.39, 0.29) is 0 Å². The van der Waals surface area contributed by atoms with Crippen LogP contribution in [0, 0.1) is 0 Å². The SMILES string of the molecule is CCCNC(CCCC1CCCO1)CCSC. The van der Waals surface area contributed by atoms with Gasteiger partial charge in [-0.1, -0.05) is 6.92 Å². The first-order chi connectivity index (χ1) is 8.36. The van der Waals surface area contributed by atoms with Crippen molar-refractivity contribution in [2.45, 2.75) is 64.0 Å². The standard InChI is InChI=1S/C14H29NOS/c1-3-10-15-13(9-12-17-2)6-4-7-14-8-5-11-16-14/h13-15H,3-12H2,1-2H3. The average Bonchev–Trinajstić information content (AvgIpc) is 2.85. The highest BCUT2D eigenvalue weighted by atomic mass is 32.2. The molecule has 0 spiro atoms. The average molecular weight is 259 g/mol. The van der Waals surface area contributed by atoms with E-state index in [4.69, 9.17) is 4.74 Å². The summed E-state index contributed by atoms with van der Waals surface area (Å²) in [5.74, 6) is 1.28. The largest absolute Gasteiger partial charge is 0.378 e. The zero-order valence-corrected chi connectivity index (χ0v) is 12.4. The van der Waals surface area contributed by atoms with Gasteiger partial charge < -0.3 is 10.1 Å². The van der Waals surface area contributed by atoms with Crippen molar-refractivity contribution in [3.05, 3.63) is 0 Å². The lowest BCUT2D eigenvalue weighted by Crippen LogP contribution is -2.30. The number of thioether (sulfide) groups is 1. The highest BCUT2D eigenvalue weighted by Crippen LogP contribution is 2.19. The van der Waals surface area contributed by atoms with Crippen molar-refractivity contribution >= 4 is 11.8 Å². The Morgan fingerprint density at radius 1 is 1.41 bits per heavy atom. The number of rotatable bonds is 10. The van der Waals surface area contributed by atoms with Gasteiger partial charge in [0, 0.05) is 12.6 Å². The molecule has 0 radical (unpaired) electrons. The third-order valence-electron chi connectivity index (χ3n) is 3.46. The van der Waals surface area contributed by atoms with Crippen molar-refractivity contribution in [3.8, 4) is 0 Å². The van der Waals surface area contributed by atoms with Gasteiger partial charge in [0.05, 0.1) is 6.10 Å². The topological polar surface area (TPSA) is 21.3 Å². The van der Waals surface area contributed by atoms with E-state index >= 15 is 0 Å². The van der Waals surface area contributed by atoms with Gasteiger partial charge in [-0.2, -0.15) is 11.8 Å². The molecule has 17 heavy (non-hydrogen) atoms. The molecule has 2 atom stereocenters. The first kappa shape index (κ1) is 15.3. The molecule has 2 nitrogen and oxygen atoms in total. The Bertz CT molecular complexity index is 164. The third kappa shape index (κ3) is 7.32. The lowest BCUT2D eigenvalue weighted by molar-refractivity contribution is 0.101. The monoisotopic (exact) mass is 259 g/mol. The maximum atomic E-state index is 5.67. The van der Waals surface area contributed by atoms with Gasteiger partial charge in [-0.05, 0) is 63.5 Å². The van der Waals surface area contributed by atoms with Crippen molar-refractivity contribution < 1.29 is 4.74 Å². The normalized spacial score (nSPS) is 21.9. The molecule has 0 amide bonds. The summed E-state index contributed by atoms with van der Waals surface area (Å²) in [4.78, 5) is 0. The van der Waals surface area contributed by atoms with Crippen LogP contribution in [0.2, 0.25) is 0 Å². The molecule has 1 aliphatic heterocycles. The molecule has 3 heteroatoms. The van der Waals surface area contributed by atoms with Crippen LogP contribution in [-0.4, -0.2) is 37.3 Å². The molecule has 102 valence electrons. The van der Waals surface area contributed by atoms with Crippen LogP contribution in [0.5, 0.6) is 0 Å². The number of hydrogen-bond donors (Lipinski definition) is 1. The van der Waals surface area contributed by atoms with E-state index in [9.17, 15) is 0 Å². The first-order valence-electron chi connectivity index (χ1n) is 7.20. The van der Waals surface area contributed by atoms with Crippen LogP contribution in [-0.2, 0) is 4.74 Å². The summed E-state index contributed by atoms with van der Waals surface area (Å²) in [5.41, 5.74) is 0. The minimum absolute atomic E-state index is 0.572. The zero-order chi connectivity index (χ0) is 12.3. The predicted octanol–water partition coefficient (Wildman–Crippen LogP) is 3.46. The first-order valence-corrected chi connectivity index (χ1v) is 8.60. The molecule has 2 unspecified atom stereocenters. The molecular weight excluding hydrogens is 230 g/mol. The van der Waals surface area contributed by atoms with Crippen molar-refractivity contribution in [2.75, 3.05) is 25.2 Å². The molecule has 0 aromatic carbocycles. The second-order valence-electron chi connectivity index (χ2n) is 5.00. The van der Waals surface area contributed by atoms with Crippen molar-refractivity contribution in [1.82, 2.24) is 5.32 Å². The molecule has 0 aromatic rings. The molecule has 0 bridgehead atoms. The summed E-state index contributed by atoms with van der Waals surface area (Å²) >= 11 is 1.96. The van der Waals surface area contributed by atoms with Crippen LogP contribution >= 0.6 is 11.8 Å². The summed E-state index contributed by atoms with van der Waals surface area (Å²) in [6.07, 6.45) is 11.8. The van der Waals surface area contributed by atoms with Gasteiger partial charge in [-0.25, -0.2) is 0 Å². The Balaban J connectivity index is 2.08. The molecule has 0 saturated carbocycles. The van der Waals surface area contributed by atoms with Gasteiger partial charge in [0.2, 0.25) is 0 Å². The fourth-order valence-electron chi connectivity index (χ4n) is 2.42. The van der Waals surface area contributed by atoms with E-state index in [1.54, 1.807) is 0 Å². The summed E-state index contributed by atoms with van der Waals surface area (Å²) < 4.78 is 5.67. The van der Waals surface area contributed by atoms with Gasteiger partial charge in [0.1, 0.15) is 0 Å².